The van der Waals surface area contributed by atoms with Gasteiger partial charge in [-0.15, -0.1) is 0 Å². The highest BCUT2D eigenvalue weighted by Gasteiger charge is 2.27. The maximum Gasteiger partial charge on any atom is 0.339 e. The number of rotatable bonds is 5. The van der Waals surface area contributed by atoms with E-state index in [2.05, 4.69) is 5.32 Å². The molecule has 1 aromatic carbocycles. The molecule has 1 amide bonds. The number of nitrogens with one attached hydrogen (secondary N) is 1. The summed E-state index contributed by atoms with van der Waals surface area (Å²) < 4.78 is 10.9. The highest BCUT2D eigenvalue weighted by atomic mass is 16.5. The zero-order valence-corrected chi connectivity index (χ0v) is 16.5. The van der Waals surface area contributed by atoms with Crippen LogP contribution in [-0.2, 0) is 16.0 Å². The highest BCUT2D eigenvalue weighted by molar-refractivity contribution is 6.07. The van der Waals surface area contributed by atoms with E-state index in [1.165, 1.54) is 0 Å². The lowest BCUT2D eigenvalue weighted by atomic mass is 9.86. The number of amides is 1. The predicted molar refractivity (Wildman–Crippen MR) is 113 cm³/mol. The lowest BCUT2D eigenvalue weighted by Gasteiger charge is -2.22. The number of esters is 1. The van der Waals surface area contributed by atoms with Crippen LogP contribution in [0.25, 0.3) is 22.6 Å². The molecule has 0 saturated heterocycles. The van der Waals surface area contributed by atoms with Crippen LogP contribution in [0.1, 0.15) is 53.1 Å². The normalized spacial score (nSPS) is 17.0. The van der Waals surface area contributed by atoms with Crippen molar-refractivity contribution in [3.8, 4) is 0 Å². The van der Waals surface area contributed by atoms with E-state index < -0.39 is 5.97 Å². The number of pyridine rings is 1. The number of nitrogens with zero attached hydrogens (tertiary/aromatic N) is 1. The van der Waals surface area contributed by atoms with Crippen LogP contribution in [0.3, 0.4) is 0 Å². The number of hydrogen-bond acceptors (Lipinski definition) is 5. The first-order valence-electron chi connectivity index (χ1n) is 10.3. The van der Waals surface area contributed by atoms with E-state index in [1.54, 1.807) is 6.26 Å². The monoisotopic (exact) mass is 402 g/mol. The Kier molecular flexibility index (Phi) is 4.83. The van der Waals surface area contributed by atoms with E-state index in [0.29, 0.717) is 5.56 Å². The molecule has 0 aliphatic heterocycles. The van der Waals surface area contributed by atoms with Crippen LogP contribution < -0.4 is 5.32 Å². The molecule has 3 aromatic rings. The molecule has 0 radical (unpaired) electrons. The second-order valence-corrected chi connectivity index (χ2v) is 7.79. The van der Waals surface area contributed by atoms with E-state index in [9.17, 15) is 9.59 Å². The smallest absolute Gasteiger partial charge is 0.339 e. The quantitative estimate of drug-likeness (QED) is 0.649. The van der Waals surface area contributed by atoms with E-state index in [1.807, 2.05) is 42.5 Å². The molecule has 1 N–H and O–H groups in total. The molecule has 1 saturated carbocycles. The first-order chi connectivity index (χ1) is 14.7. The minimum Gasteiger partial charge on any atom is -0.465 e. The SMILES string of the molecule is O=C(COC(=O)c1c2c(nc3ccccc13)C(=Cc1ccco1)CCC2)NC1CC1. The summed E-state index contributed by atoms with van der Waals surface area (Å²) in [6, 6.07) is 11.5. The van der Waals surface area contributed by atoms with Crippen LogP contribution in [0.5, 0.6) is 0 Å². The lowest BCUT2D eigenvalue weighted by molar-refractivity contribution is -0.124. The number of fused-ring (bicyclic) bond motifs is 2. The van der Waals surface area contributed by atoms with Crippen molar-refractivity contribution in [3.63, 3.8) is 0 Å². The second kappa shape index (κ2) is 7.78. The molecule has 0 unspecified atom stereocenters. The zero-order valence-electron chi connectivity index (χ0n) is 16.5. The molecule has 6 heteroatoms. The average Bonchev–Trinajstić information content (AvgIpc) is 3.42. The molecule has 0 bridgehead atoms. The predicted octanol–water partition coefficient (Wildman–Crippen LogP) is 4.14. The summed E-state index contributed by atoms with van der Waals surface area (Å²) >= 11 is 0. The number of ether oxygens (including phenoxy) is 1. The Hall–Kier alpha value is -3.41. The van der Waals surface area contributed by atoms with E-state index in [4.69, 9.17) is 14.1 Å². The van der Waals surface area contributed by atoms with Gasteiger partial charge in [0.25, 0.3) is 5.91 Å². The third-order valence-electron chi connectivity index (χ3n) is 5.51. The largest absolute Gasteiger partial charge is 0.465 e. The molecule has 30 heavy (non-hydrogen) atoms. The van der Waals surface area contributed by atoms with Crippen molar-refractivity contribution in [1.82, 2.24) is 10.3 Å². The number of allylic oxidation sites excluding steroid dienone is 1. The summed E-state index contributed by atoms with van der Waals surface area (Å²) in [6.07, 6.45) is 8.11. The van der Waals surface area contributed by atoms with Gasteiger partial charge in [-0.3, -0.25) is 4.79 Å². The fourth-order valence-corrected chi connectivity index (χ4v) is 3.95. The van der Waals surface area contributed by atoms with Crippen molar-refractivity contribution in [2.45, 2.75) is 38.1 Å². The summed E-state index contributed by atoms with van der Waals surface area (Å²) in [5.41, 5.74) is 3.98. The van der Waals surface area contributed by atoms with Crippen LogP contribution in [0.2, 0.25) is 0 Å². The topological polar surface area (TPSA) is 81.4 Å². The third kappa shape index (κ3) is 3.73. The van der Waals surface area contributed by atoms with Crippen LogP contribution >= 0.6 is 0 Å². The molecule has 0 atom stereocenters. The first-order valence-corrected chi connectivity index (χ1v) is 10.3. The molecule has 1 fully saturated rings. The summed E-state index contributed by atoms with van der Waals surface area (Å²) in [4.78, 5) is 29.9. The standard InChI is InChI=1S/C24H22N2O4/c27-21(25-16-10-11-16)14-30-24(28)22-18-7-1-2-9-20(18)26-23-15(5-3-8-19(22)23)13-17-6-4-12-29-17/h1-2,4,6-7,9,12-13,16H,3,5,8,10-11,14H2,(H,25,27). The maximum absolute atomic E-state index is 13.1. The Morgan fingerprint density at radius 2 is 2.03 bits per heavy atom. The molecule has 5 rings (SSSR count). The molecule has 0 spiro atoms. The molecule has 2 aromatic heterocycles. The van der Waals surface area contributed by atoms with Gasteiger partial charge >= 0.3 is 5.97 Å². The van der Waals surface area contributed by atoms with Crippen molar-refractivity contribution in [2.75, 3.05) is 6.61 Å². The van der Waals surface area contributed by atoms with Crippen molar-refractivity contribution in [2.24, 2.45) is 0 Å². The summed E-state index contributed by atoms with van der Waals surface area (Å²) in [5.74, 6) is 0.0280. The Balaban J connectivity index is 1.53. The maximum atomic E-state index is 13.1. The minimum atomic E-state index is -0.477. The van der Waals surface area contributed by atoms with E-state index >= 15 is 0 Å². The van der Waals surface area contributed by atoms with Crippen molar-refractivity contribution >= 4 is 34.4 Å². The number of hydrogen-bond donors (Lipinski definition) is 1. The van der Waals surface area contributed by atoms with Gasteiger partial charge < -0.3 is 14.5 Å². The van der Waals surface area contributed by atoms with Crippen LogP contribution in [-0.4, -0.2) is 29.5 Å². The van der Waals surface area contributed by atoms with Gasteiger partial charge in [0, 0.05) is 11.4 Å². The Morgan fingerprint density at radius 3 is 2.83 bits per heavy atom. The molecular formula is C24H22N2O4. The Labute approximate surface area is 173 Å². The summed E-state index contributed by atoms with van der Waals surface area (Å²) in [6.45, 7) is -0.268. The van der Waals surface area contributed by atoms with Gasteiger partial charge in [0.2, 0.25) is 0 Å². The molecule has 2 heterocycles. The van der Waals surface area contributed by atoms with Crippen molar-refractivity contribution < 1.29 is 18.7 Å². The number of furan rings is 1. The number of aromatic nitrogens is 1. The van der Waals surface area contributed by atoms with E-state index in [-0.39, 0.29) is 18.6 Å². The average molecular weight is 402 g/mol. The first kappa shape index (κ1) is 18.6. The van der Waals surface area contributed by atoms with Crippen molar-refractivity contribution in [3.05, 3.63) is 65.2 Å². The summed E-state index contributed by atoms with van der Waals surface area (Å²) in [5, 5.41) is 3.60. The number of carbonyl (C=O) groups is 2. The van der Waals surface area contributed by atoms with E-state index in [0.717, 1.165) is 65.6 Å². The molecule has 2 aliphatic carbocycles. The molecule has 2 aliphatic rings. The third-order valence-corrected chi connectivity index (χ3v) is 5.51. The van der Waals surface area contributed by atoms with Gasteiger partial charge in [-0.2, -0.15) is 0 Å². The number of benzene rings is 1. The molecular weight excluding hydrogens is 380 g/mol. The minimum absolute atomic E-state index is 0.236. The van der Waals surface area contributed by atoms with Gasteiger partial charge in [0.15, 0.2) is 6.61 Å². The van der Waals surface area contributed by atoms with Crippen molar-refractivity contribution in [1.29, 1.82) is 0 Å². The zero-order chi connectivity index (χ0) is 20.5. The van der Waals surface area contributed by atoms with Gasteiger partial charge in [0.05, 0.1) is 23.0 Å². The van der Waals surface area contributed by atoms with Gasteiger partial charge in [-0.05, 0) is 67.5 Å². The van der Waals surface area contributed by atoms with Gasteiger partial charge in [-0.1, -0.05) is 18.2 Å². The highest BCUT2D eigenvalue weighted by Crippen LogP contribution is 2.36. The van der Waals surface area contributed by atoms with Gasteiger partial charge in [0.1, 0.15) is 5.76 Å². The molecule has 6 nitrogen and oxygen atoms in total. The van der Waals surface area contributed by atoms with Crippen LogP contribution in [0.15, 0.2) is 47.1 Å². The van der Waals surface area contributed by atoms with Crippen LogP contribution in [0.4, 0.5) is 0 Å². The van der Waals surface area contributed by atoms with Crippen LogP contribution in [0, 0.1) is 0 Å². The Morgan fingerprint density at radius 1 is 1.17 bits per heavy atom. The fraction of sp³-hybridized carbons (Fsp3) is 0.292. The Bertz CT molecular complexity index is 1140. The second-order valence-electron chi connectivity index (χ2n) is 7.79. The fourth-order valence-electron chi connectivity index (χ4n) is 3.95. The number of carbonyl (C=O) groups excluding carboxylic acids is 2. The molecule has 152 valence electrons. The van der Waals surface area contributed by atoms with Gasteiger partial charge in [-0.25, -0.2) is 9.78 Å². The number of para-hydroxylation sites is 1. The lowest BCUT2D eigenvalue weighted by Crippen LogP contribution is -2.30. The summed E-state index contributed by atoms with van der Waals surface area (Å²) in [7, 11) is 0.